The van der Waals surface area contributed by atoms with E-state index >= 15 is 0 Å². The minimum atomic E-state index is 0.481. The highest BCUT2D eigenvalue weighted by atomic mass is 16.5. The van der Waals surface area contributed by atoms with Crippen molar-refractivity contribution in [3.63, 3.8) is 0 Å². The molecule has 2 nitrogen and oxygen atoms in total. The Morgan fingerprint density at radius 2 is 1.88 bits per heavy atom. The van der Waals surface area contributed by atoms with Crippen LogP contribution in [0.25, 0.3) is 0 Å². The SMILES string of the molecule is CCC1CCCC(OC2CCCCC2NC)C1. The van der Waals surface area contributed by atoms with Crippen molar-refractivity contribution in [2.45, 2.75) is 83.0 Å². The smallest absolute Gasteiger partial charge is 0.0731 e. The number of ether oxygens (including phenoxy) is 1. The van der Waals surface area contributed by atoms with Crippen LogP contribution in [0, 0.1) is 5.92 Å². The van der Waals surface area contributed by atoms with E-state index in [0.29, 0.717) is 18.2 Å². The monoisotopic (exact) mass is 239 g/mol. The van der Waals surface area contributed by atoms with Gasteiger partial charge in [-0.15, -0.1) is 0 Å². The third-order valence-electron chi connectivity index (χ3n) is 4.75. The van der Waals surface area contributed by atoms with Crippen molar-refractivity contribution < 1.29 is 4.74 Å². The van der Waals surface area contributed by atoms with Crippen LogP contribution < -0.4 is 5.32 Å². The molecule has 2 heteroatoms. The first-order valence-corrected chi connectivity index (χ1v) is 7.66. The summed E-state index contributed by atoms with van der Waals surface area (Å²) in [5.41, 5.74) is 0. The molecule has 2 rings (SSSR count). The summed E-state index contributed by atoms with van der Waals surface area (Å²) in [6.45, 7) is 2.32. The van der Waals surface area contributed by atoms with Crippen molar-refractivity contribution in [3.05, 3.63) is 0 Å². The van der Waals surface area contributed by atoms with Crippen molar-refractivity contribution in [2.24, 2.45) is 5.92 Å². The van der Waals surface area contributed by atoms with E-state index in [1.165, 1.54) is 57.8 Å². The lowest BCUT2D eigenvalue weighted by Gasteiger charge is -2.37. The van der Waals surface area contributed by atoms with Crippen LogP contribution in [0.4, 0.5) is 0 Å². The molecule has 0 radical (unpaired) electrons. The molecule has 2 saturated carbocycles. The van der Waals surface area contributed by atoms with Gasteiger partial charge < -0.3 is 10.1 Å². The van der Waals surface area contributed by atoms with Gasteiger partial charge in [-0.3, -0.25) is 0 Å². The quantitative estimate of drug-likeness (QED) is 0.810. The summed E-state index contributed by atoms with van der Waals surface area (Å²) >= 11 is 0. The molecule has 4 unspecified atom stereocenters. The van der Waals surface area contributed by atoms with Crippen LogP contribution in [0.2, 0.25) is 0 Å². The first kappa shape index (κ1) is 13.4. The Hall–Kier alpha value is -0.0800. The zero-order chi connectivity index (χ0) is 12.1. The highest BCUT2D eigenvalue weighted by Gasteiger charge is 2.29. The molecular formula is C15H29NO. The fraction of sp³-hybridized carbons (Fsp3) is 1.00. The lowest BCUT2D eigenvalue weighted by Crippen LogP contribution is -2.44. The van der Waals surface area contributed by atoms with Gasteiger partial charge in [-0.05, 0) is 38.6 Å². The zero-order valence-electron chi connectivity index (χ0n) is 11.6. The summed E-state index contributed by atoms with van der Waals surface area (Å²) in [5, 5.41) is 3.44. The van der Waals surface area contributed by atoms with Gasteiger partial charge in [-0.1, -0.05) is 39.0 Å². The second-order valence-corrected chi connectivity index (χ2v) is 5.92. The predicted octanol–water partition coefficient (Wildman–Crippen LogP) is 3.50. The van der Waals surface area contributed by atoms with Crippen LogP contribution in [-0.2, 0) is 4.74 Å². The third-order valence-corrected chi connectivity index (χ3v) is 4.75. The molecule has 0 heterocycles. The van der Waals surface area contributed by atoms with Gasteiger partial charge in [-0.2, -0.15) is 0 Å². The summed E-state index contributed by atoms with van der Waals surface area (Å²) in [7, 11) is 2.09. The highest BCUT2D eigenvalue weighted by molar-refractivity contribution is 4.83. The molecule has 0 aromatic rings. The van der Waals surface area contributed by atoms with E-state index in [-0.39, 0.29) is 0 Å². The minimum Gasteiger partial charge on any atom is -0.373 e. The van der Waals surface area contributed by atoms with Crippen LogP contribution in [0.3, 0.4) is 0 Å². The Morgan fingerprint density at radius 1 is 1.06 bits per heavy atom. The van der Waals surface area contributed by atoms with Gasteiger partial charge in [0.15, 0.2) is 0 Å². The predicted molar refractivity (Wildman–Crippen MR) is 72.2 cm³/mol. The zero-order valence-corrected chi connectivity index (χ0v) is 11.6. The van der Waals surface area contributed by atoms with Gasteiger partial charge in [0.2, 0.25) is 0 Å². The summed E-state index contributed by atoms with van der Waals surface area (Å²) in [6.07, 6.45) is 13.1. The number of likely N-dealkylation sites (N-methyl/N-ethyl adjacent to an activating group) is 1. The van der Waals surface area contributed by atoms with E-state index in [0.717, 1.165) is 5.92 Å². The minimum absolute atomic E-state index is 0.481. The van der Waals surface area contributed by atoms with Crippen molar-refractivity contribution in [1.29, 1.82) is 0 Å². The molecule has 1 N–H and O–H groups in total. The highest BCUT2D eigenvalue weighted by Crippen LogP contribution is 2.31. The molecule has 2 fully saturated rings. The van der Waals surface area contributed by atoms with E-state index in [1.54, 1.807) is 0 Å². The second kappa shape index (κ2) is 6.75. The molecule has 2 aliphatic rings. The molecule has 2 aliphatic carbocycles. The number of hydrogen-bond donors (Lipinski definition) is 1. The van der Waals surface area contributed by atoms with Gasteiger partial charge >= 0.3 is 0 Å². The molecule has 4 atom stereocenters. The van der Waals surface area contributed by atoms with Crippen LogP contribution in [0.1, 0.15) is 64.7 Å². The van der Waals surface area contributed by atoms with Crippen LogP contribution in [-0.4, -0.2) is 25.3 Å². The fourth-order valence-corrected chi connectivity index (χ4v) is 3.57. The maximum Gasteiger partial charge on any atom is 0.0731 e. The lowest BCUT2D eigenvalue weighted by molar-refractivity contribution is -0.0674. The van der Waals surface area contributed by atoms with Gasteiger partial charge in [0.25, 0.3) is 0 Å². The van der Waals surface area contributed by atoms with Gasteiger partial charge in [0, 0.05) is 6.04 Å². The topological polar surface area (TPSA) is 21.3 Å². The van der Waals surface area contributed by atoms with Crippen molar-refractivity contribution >= 4 is 0 Å². The Kier molecular flexibility index (Phi) is 5.30. The average molecular weight is 239 g/mol. The van der Waals surface area contributed by atoms with E-state index in [2.05, 4.69) is 19.3 Å². The van der Waals surface area contributed by atoms with E-state index in [4.69, 9.17) is 4.74 Å². The lowest BCUT2D eigenvalue weighted by atomic mass is 9.85. The third kappa shape index (κ3) is 3.69. The molecule has 0 saturated heterocycles. The Balaban J connectivity index is 1.81. The van der Waals surface area contributed by atoms with E-state index < -0.39 is 0 Å². The first-order chi connectivity index (χ1) is 8.33. The largest absolute Gasteiger partial charge is 0.373 e. The molecule has 100 valence electrons. The number of hydrogen-bond acceptors (Lipinski definition) is 2. The normalized spacial score (nSPS) is 39.2. The van der Waals surface area contributed by atoms with Crippen molar-refractivity contribution in [2.75, 3.05) is 7.05 Å². The molecule has 0 aromatic carbocycles. The van der Waals surface area contributed by atoms with E-state index in [9.17, 15) is 0 Å². The molecule has 0 spiro atoms. The molecular weight excluding hydrogens is 210 g/mol. The number of rotatable bonds is 4. The molecule has 17 heavy (non-hydrogen) atoms. The van der Waals surface area contributed by atoms with Gasteiger partial charge in [0.1, 0.15) is 0 Å². The van der Waals surface area contributed by atoms with Crippen LogP contribution in [0.15, 0.2) is 0 Å². The van der Waals surface area contributed by atoms with Gasteiger partial charge in [0.05, 0.1) is 12.2 Å². The Bertz CT molecular complexity index is 219. The van der Waals surface area contributed by atoms with Crippen LogP contribution in [0.5, 0.6) is 0 Å². The van der Waals surface area contributed by atoms with Crippen LogP contribution >= 0.6 is 0 Å². The number of nitrogens with one attached hydrogen (secondary N) is 1. The fourth-order valence-electron chi connectivity index (χ4n) is 3.57. The molecule has 0 aromatic heterocycles. The molecule has 0 amide bonds. The maximum absolute atomic E-state index is 6.41. The second-order valence-electron chi connectivity index (χ2n) is 5.92. The van der Waals surface area contributed by atoms with Crippen molar-refractivity contribution in [3.8, 4) is 0 Å². The Labute approximate surface area is 107 Å². The molecule has 0 aliphatic heterocycles. The molecule has 0 bridgehead atoms. The summed E-state index contributed by atoms with van der Waals surface area (Å²) < 4.78 is 6.41. The first-order valence-electron chi connectivity index (χ1n) is 7.66. The maximum atomic E-state index is 6.41. The summed E-state index contributed by atoms with van der Waals surface area (Å²) in [6, 6.07) is 0.603. The average Bonchev–Trinajstić information content (AvgIpc) is 2.39. The standard InChI is InChI=1S/C15H29NO/c1-3-12-7-6-8-13(11-12)17-15-10-5-4-9-14(15)16-2/h12-16H,3-11H2,1-2H3. The summed E-state index contributed by atoms with van der Waals surface area (Å²) in [4.78, 5) is 0. The van der Waals surface area contributed by atoms with Gasteiger partial charge in [-0.25, -0.2) is 0 Å². The van der Waals surface area contributed by atoms with Crippen molar-refractivity contribution in [1.82, 2.24) is 5.32 Å². The summed E-state index contributed by atoms with van der Waals surface area (Å²) in [5.74, 6) is 0.922. The van der Waals surface area contributed by atoms with E-state index in [1.807, 2.05) is 0 Å². The Morgan fingerprint density at radius 3 is 2.65 bits per heavy atom.